The van der Waals surface area contributed by atoms with Crippen LogP contribution in [0.2, 0.25) is 0 Å². The fourth-order valence-electron chi connectivity index (χ4n) is 1.61. The van der Waals surface area contributed by atoms with Crippen LogP contribution in [0.3, 0.4) is 0 Å². The molecule has 0 amide bonds. The minimum atomic E-state index is -0.590. The molecule has 0 radical (unpaired) electrons. The van der Waals surface area contributed by atoms with Crippen LogP contribution < -0.4 is 5.73 Å². The molecule has 4 heteroatoms. The molecule has 1 unspecified atom stereocenters. The third kappa shape index (κ3) is 1.98. The predicted molar refractivity (Wildman–Crippen MR) is 62.3 cm³/mol. The first-order valence-corrected chi connectivity index (χ1v) is 5.21. The first kappa shape index (κ1) is 10.9. The maximum absolute atomic E-state index is 9.56. The lowest BCUT2D eigenvalue weighted by atomic mass is 10.1. The van der Waals surface area contributed by atoms with Crippen LogP contribution in [0.4, 0.5) is 0 Å². The Morgan fingerprint density at radius 1 is 1.31 bits per heavy atom. The van der Waals surface area contributed by atoms with Crippen LogP contribution in [0, 0.1) is 6.92 Å². The standard InChI is InChI=1S/C12H15N3O/c1-9-6-7-14-15(9)11-4-2-10(3-5-11)12(16)8-13/h2-7,12,16H,8,13H2,1H3. The van der Waals surface area contributed by atoms with Crippen molar-refractivity contribution >= 4 is 0 Å². The van der Waals surface area contributed by atoms with Crippen LogP contribution >= 0.6 is 0 Å². The van der Waals surface area contributed by atoms with Crippen molar-refractivity contribution in [2.75, 3.05) is 6.54 Å². The lowest BCUT2D eigenvalue weighted by Gasteiger charge is -2.09. The zero-order chi connectivity index (χ0) is 11.5. The fourth-order valence-corrected chi connectivity index (χ4v) is 1.61. The highest BCUT2D eigenvalue weighted by molar-refractivity contribution is 5.36. The summed E-state index contributed by atoms with van der Waals surface area (Å²) in [6, 6.07) is 9.53. The van der Waals surface area contributed by atoms with Gasteiger partial charge in [-0.2, -0.15) is 5.10 Å². The number of hydrogen-bond donors (Lipinski definition) is 2. The molecule has 4 nitrogen and oxygen atoms in total. The van der Waals surface area contributed by atoms with Gasteiger partial charge in [0.15, 0.2) is 0 Å². The van der Waals surface area contributed by atoms with Crippen molar-refractivity contribution in [3.63, 3.8) is 0 Å². The molecule has 0 bridgehead atoms. The molecule has 1 aromatic carbocycles. The smallest absolute Gasteiger partial charge is 0.0912 e. The first-order chi connectivity index (χ1) is 7.72. The number of aliphatic hydroxyl groups excluding tert-OH is 1. The molecule has 0 aliphatic carbocycles. The van der Waals surface area contributed by atoms with Gasteiger partial charge in [0.2, 0.25) is 0 Å². The molecule has 0 spiro atoms. The largest absolute Gasteiger partial charge is 0.387 e. The summed E-state index contributed by atoms with van der Waals surface area (Å²) >= 11 is 0. The van der Waals surface area contributed by atoms with E-state index in [1.54, 1.807) is 6.20 Å². The van der Waals surface area contributed by atoms with Gasteiger partial charge < -0.3 is 10.8 Å². The van der Waals surface area contributed by atoms with E-state index in [4.69, 9.17) is 5.73 Å². The summed E-state index contributed by atoms with van der Waals surface area (Å²) in [4.78, 5) is 0. The normalized spacial score (nSPS) is 12.7. The molecular formula is C12H15N3O. The number of aliphatic hydroxyl groups is 1. The minimum absolute atomic E-state index is 0.236. The molecule has 0 fully saturated rings. The van der Waals surface area contributed by atoms with Gasteiger partial charge in [-0.1, -0.05) is 12.1 Å². The second-order valence-corrected chi connectivity index (χ2v) is 3.73. The van der Waals surface area contributed by atoms with Crippen molar-refractivity contribution in [2.24, 2.45) is 5.73 Å². The maximum atomic E-state index is 9.56. The van der Waals surface area contributed by atoms with E-state index in [0.717, 1.165) is 16.9 Å². The lowest BCUT2D eigenvalue weighted by Crippen LogP contribution is -2.11. The molecule has 2 rings (SSSR count). The van der Waals surface area contributed by atoms with Gasteiger partial charge in [0.05, 0.1) is 11.8 Å². The topological polar surface area (TPSA) is 64.1 Å². The second-order valence-electron chi connectivity index (χ2n) is 3.73. The molecule has 0 saturated heterocycles. The fraction of sp³-hybridized carbons (Fsp3) is 0.250. The SMILES string of the molecule is Cc1ccnn1-c1ccc(C(O)CN)cc1. The molecular weight excluding hydrogens is 202 g/mol. The van der Waals surface area contributed by atoms with Crippen molar-refractivity contribution < 1.29 is 5.11 Å². The average molecular weight is 217 g/mol. The molecule has 1 heterocycles. The Morgan fingerprint density at radius 2 is 2.00 bits per heavy atom. The van der Waals surface area contributed by atoms with E-state index in [1.165, 1.54) is 0 Å². The first-order valence-electron chi connectivity index (χ1n) is 5.21. The number of rotatable bonds is 3. The van der Waals surface area contributed by atoms with Crippen LogP contribution in [-0.4, -0.2) is 21.4 Å². The van der Waals surface area contributed by atoms with Crippen LogP contribution in [-0.2, 0) is 0 Å². The Bertz CT molecular complexity index is 461. The van der Waals surface area contributed by atoms with Gasteiger partial charge in [-0.25, -0.2) is 4.68 Å². The van der Waals surface area contributed by atoms with Gasteiger partial charge in [-0.05, 0) is 30.7 Å². The van der Waals surface area contributed by atoms with Gasteiger partial charge in [-0.15, -0.1) is 0 Å². The highest BCUT2D eigenvalue weighted by Crippen LogP contribution is 2.15. The number of aromatic nitrogens is 2. The Labute approximate surface area is 94.3 Å². The summed E-state index contributed by atoms with van der Waals surface area (Å²) in [6.45, 7) is 2.23. The highest BCUT2D eigenvalue weighted by Gasteiger charge is 2.05. The van der Waals surface area contributed by atoms with Crippen molar-refractivity contribution in [3.05, 3.63) is 47.8 Å². The van der Waals surface area contributed by atoms with Gasteiger partial charge in [0.1, 0.15) is 0 Å². The Kier molecular flexibility index (Phi) is 3.03. The summed E-state index contributed by atoms with van der Waals surface area (Å²) in [5.74, 6) is 0. The summed E-state index contributed by atoms with van der Waals surface area (Å²) < 4.78 is 1.85. The molecule has 1 atom stereocenters. The highest BCUT2D eigenvalue weighted by atomic mass is 16.3. The van der Waals surface area contributed by atoms with E-state index in [-0.39, 0.29) is 6.54 Å². The van der Waals surface area contributed by atoms with Crippen molar-refractivity contribution in [1.82, 2.24) is 9.78 Å². The number of hydrogen-bond acceptors (Lipinski definition) is 3. The predicted octanol–water partition coefficient (Wildman–Crippen LogP) is 1.17. The Hall–Kier alpha value is -1.65. The lowest BCUT2D eigenvalue weighted by molar-refractivity contribution is 0.187. The maximum Gasteiger partial charge on any atom is 0.0912 e. The number of benzene rings is 1. The van der Waals surface area contributed by atoms with Crippen molar-refractivity contribution in [2.45, 2.75) is 13.0 Å². The molecule has 84 valence electrons. The number of nitrogens with two attached hydrogens (primary N) is 1. The minimum Gasteiger partial charge on any atom is -0.387 e. The molecule has 2 aromatic rings. The van der Waals surface area contributed by atoms with Crippen LogP contribution in [0.1, 0.15) is 17.4 Å². The molecule has 16 heavy (non-hydrogen) atoms. The van der Waals surface area contributed by atoms with E-state index < -0.39 is 6.10 Å². The van der Waals surface area contributed by atoms with Crippen molar-refractivity contribution in [3.8, 4) is 5.69 Å². The summed E-state index contributed by atoms with van der Waals surface area (Å²) in [5, 5.41) is 13.8. The van der Waals surface area contributed by atoms with Crippen molar-refractivity contribution in [1.29, 1.82) is 0 Å². The van der Waals surface area contributed by atoms with Gasteiger partial charge >= 0.3 is 0 Å². The molecule has 1 aromatic heterocycles. The average Bonchev–Trinajstić information content (AvgIpc) is 2.75. The quantitative estimate of drug-likeness (QED) is 0.811. The summed E-state index contributed by atoms with van der Waals surface area (Å²) in [7, 11) is 0. The number of nitrogens with zero attached hydrogens (tertiary/aromatic N) is 2. The number of aryl methyl sites for hydroxylation is 1. The van der Waals surface area contributed by atoms with E-state index in [1.807, 2.05) is 41.9 Å². The van der Waals surface area contributed by atoms with Crippen LogP contribution in [0.25, 0.3) is 5.69 Å². The third-order valence-electron chi connectivity index (χ3n) is 2.58. The third-order valence-corrected chi connectivity index (χ3v) is 2.58. The van der Waals surface area contributed by atoms with Crippen LogP contribution in [0.5, 0.6) is 0 Å². The molecule has 0 saturated carbocycles. The monoisotopic (exact) mass is 217 g/mol. The van der Waals surface area contributed by atoms with E-state index in [9.17, 15) is 5.11 Å². The molecule has 0 aliphatic heterocycles. The van der Waals surface area contributed by atoms with Crippen LogP contribution in [0.15, 0.2) is 36.5 Å². The Morgan fingerprint density at radius 3 is 2.50 bits per heavy atom. The van der Waals surface area contributed by atoms with Gasteiger partial charge in [-0.3, -0.25) is 0 Å². The molecule has 3 N–H and O–H groups in total. The van der Waals surface area contributed by atoms with E-state index in [0.29, 0.717) is 0 Å². The zero-order valence-corrected chi connectivity index (χ0v) is 9.17. The zero-order valence-electron chi connectivity index (χ0n) is 9.17. The Balaban J connectivity index is 2.30. The van der Waals surface area contributed by atoms with Gasteiger partial charge in [0, 0.05) is 18.4 Å². The summed E-state index contributed by atoms with van der Waals surface area (Å²) in [5.41, 5.74) is 8.28. The van der Waals surface area contributed by atoms with Gasteiger partial charge in [0.25, 0.3) is 0 Å². The summed E-state index contributed by atoms with van der Waals surface area (Å²) in [6.07, 6.45) is 1.17. The van der Waals surface area contributed by atoms with E-state index in [2.05, 4.69) is 5.10 Å². The molecule has 0 aliphatic rings. The van der Waals surface area contributed by atoms with E-state index >= 15 is 0 Å². The second kappa shape index (κ2) is 4.47.